The van der Waals surface area contributed by atoms with Crippen LogP contribution < -0.4 is 5.32 Å². The van der Waals surface area contributed by atoms with Gasteiger partial charge in [0.2, 0.25) is 0 Å². The van der Waals surface area contributed by atoms with Gasteiger partial charge in [0.05, 0.1) is 10.6 Å². The molecule has 1 aromatic heterocycles. The summed E-state index contributed by atoms with van der Waals surface area (Å²) >= 11 is 5.62. The highest BCUT2D eigenvalue weighted by Crippen LogP contribution is 2.25. The molecule has 1 atom stereocenters. The van der Waals surface area contributed by atoms with E-state index < -0.39 is 5.82 Å². The number of anilines is 1. The number of halogens is 2. The Balaban J connectivity index is 1.99. The number of pyridine rings is 1. The highest BCUT2D eigenvalue weighted by molar-refractivity contribution is 6.30. The maximum atomic E-state index is 13.4. The first-order valence-electron chi connectivity index (χ1n) is 5.28. The molecule has 2 rings (SSSR count). The van der Waals surface area contributed by atoms with Crippen LogP contribution in [0, 0.1) is 5.82 Å². The average Bonchev–Trinajstić information content (AvgIpc) is 2.64. The number of ether oxygens (including phenoxy) is 1. The van der Waals surface area contributed by atoms with E-state index in [1.807, 2.05) is 6.92 Å². The number of aromatic nitrogens is 1. The van der Waals surface area contributed by atoms with Crippen molar-refractivity contribution in [3.8, 4) is 0 Å². The Morgan fingerprint density at radius 2 is 2.50 bits per heavy atom. The predicted molar refractivity (Wildman–Crippen MR) is 61.3 cm³/mol. The van der Waals surface area contributed by atoms with E-state index in [9.17, 15) is 4.39 Å². The minimum Gasteiger partial charge on any atom is -0.373 e. The first-order chi connectivity index (χ1) is 7.59. The summed E-state index contributed by atoms with van der Waals surface area (Å²) in [7, 11) is 0. The highest BCUT2D eigenvalue weighted by atomic mass is 35.5. The van der Waals surface area contributed by atoms with E-state index in [0.29, 0.717) is 11.6 Å². The standard InChI is InChI=1S/C11H14ClFN2O/c1-11(3-2-4-16-11)7-15-10-9(13)5-8(12)6-14-10/h5-6H,2-4,7H2,1H3,(H,14,15). The largest absolute Gasteiger partial charge is 0.373 e. The van der Waals surface area contributed by atoms with Crippen LogP contribution in [-0.2, 0) is 4.74 Å². The second-order valence-electron chi connectivity index (χ2n) is 4.24. The van der Waals surface area contributed by atoms with Crippen LogP contribution in [0.25, 0.3) is 0 Å². The molecule has 2 heterocycles. The Labute approximate surface area is 99.0 Å². The fraction of sp³-hybridized carbons (Fsp3) is 0.545. The quantitative estimate of drug-likeness (QED) is 0.888. The Morgan fingerprint density at radius 1 is 1.69 bits per heavy atom. The molecule has 0 radical (unpaired) electrons. The number of hydrogen-bond donors (Lipinski definition) is 1. The van der Waals surface area contributed by atoms with Gasteiger partial charge >= 0.3 is 0 Å². The number of hydrogen-bond acceptors (Lipinski definition) is 3. The summed E-state index contributed by atoms with van der Waals surface area (Å²) in [6, 6.07) is 1.24. The molecule has 3 nitrogen and oxygen atoms in total. The molecule has 16 heavy (non-hydrogen) atoms. The second kappa shape index (κ2) is 4.55. The van der Waals surface area contributed by atoms with Crippen molar-refractivity contribution in [3.05, 3.63) is 23.1 Å². The van der Waals surface area contributed by atoms with E-state index in [2.05, 4.69) is 10.3 Å². The van der Waals surface area contributed by atoms with Crippen LogP contribution in [0.1, 0.15) is 19.8 Å². The van der Waals surface area contributed by atoms with Crippen LogP contribution >= 0.6 is 11.6 Å². The first-order valence-corrected chi connectivity index (χ1v) is 5.66. The number of nitrogens with zero attached hydrogens (tertiary/aromatic N) is 1. The molecule has 1 saturated heterocycles. The smallest absolute Gasteiger partial charge is 0.166 e. The molecule has 1 unspecified atom stereocenters. The molecule has 1 N–H and O–H groups in total. The summed E-state index contributed by atoms with van der Waals surface area (Å²) in [5.74, 6) is -0.213. The van der Waals surface area contributed by atoms with E-state index in [4.69, 9.17) is 16.3 Å². The third-order valence-electron chi connectivity index (χ3n) is 2.74. The molecular formula is C11H14ClFN2O. The van der Waals surface area contributed by atoms with Gasteiger partial charge in [0.15, 0.2) is 11.6 Å². The summed E-state index contributed by atoms with van der Waals surface area (Å²) in [5, 5.41) is 3.25. The average molecular weight is 245 g/mol. The Bertz CT molecular complexity index is 380. The van der Waals surface area contributed by atoms with Crippen LogP contribution in [0.2, 0.25) is 5.02 Å². The molecule has 1 fully saturated rings. The molecule has 1 aromatic rings. The monoisotopic (exact) mass is 244 g/mol. The molecule has 0 amide bonds. The lowest BCUT2D eigenvalue weighted by atomic mass is 10.0. The lowest BCUT2D eigenvalue weighted by molar-refractivity contribution is 0.0314. The molecule has 1 aliphatic rings. The van der Waals surface area contributed by atoms with E-state index in [1.165, 1.54) is 12.3 Å². The fourth-order valence-electron chi connectivity index (χ4n) is 1.79. The molecule has 0 saturated carbocycles. The lowest BCUT2D eigenvalue weighted by Gasteiger charge is -2.23. The fourth-order valence-corrected chi connectivity index (χ4v) is 1.94. The normalized spacial score (nSPS) is 24.7. The minimum absolute atomic E-state index is 0.215. The maximum absolute atomic E-state index is 13.4. The van der Waals surface area contributed by atoms with Gasteiger partial charge in [-0.05, 0) is 25.8 Å². The van der Waals surface area contributed by atoms with Crippen molar-refractivity contribution in [3.63, 3.8) is 0 Å². The Kier molecular flexibility index (Phi) is 3.30. The second-order valence-corrected chi connectivity index (χ2v) is 4.68. The zero-order valence-electron chi connectivity index (χ0n) is 9.09. The van der Waals surface area contributed by atoms with Crippen molar-refractivity contribution >= 4 is 17.4 Å². The van der Waals surface area contributed by atoms with Crippen molar-refractivity contribution in [1.82, 2.24) is 4.98 Å². The van der Waals surface area contributed by atoms with Gasteiger partial charge in [0.25, 0.3) is 0 Å². The van der Waals surface area contributed by atoms with Gasteiger partial charge in [0, 0.05) is 19.3 Å². The van der Waals surface area contributed by atoms with Crippen LogP contribution in [0.3, 0.4) is 0 Å². The van der Waals surface area contributed by atoms with Crippen molar-refractivity contribution in [2.24, 2.45) is 0 Å². The molecular weight excluding hydrogens is 231 g/mol. The summed E-state index contributed by atoms with van der Waals surface area (Å²) < 4.78 is 19.0. The molecule has 5 heteroatoms. The summed E-state index contributed by atoms with van der Waals surface area (Å²) in [4.78, 5) is 3.90. The van der Waals surface area contributed by atoms with Crippen LogP contribution in [0.15, 0.2) is 12.3 Å². The SMILES string of the molecule is CC1(CNc2ncc(Cl)cc2F)CCCO1. The van der Waals surface area contributed by atoms with E-state index in [0.717, 1.165) is 19.4 Å². The third kappa shape index (κ3) is 2.62. The van der Waals surface area contributed by atoms with E-state index in [1.54, 1.807) is 0 Å². The summed E-state index contributed by atoms with van der Waals surface area (Å²) in [6.07, 6.45) is 3.45. The van der Waals surface area contributed by atoms with Crippen LogP contribution in [0.5, 0.6) is 0 Å². The van der Waals surface area contributed by atoms with E-state index >= 15 is 0 Å². The molecule has 0 aliphatic carbocycles. The third-order valence-corrected chi connectivity index (χ3v) is 2.94. The lowest BCUT2D eigenvalue weighted by Crippen LogP contribution is -2.33. The van der Waals surface area contributed by atoms with Gasteiger partial charge in [0.1, 0.15) is 0 Å². The van der Waals surface area contributed by atoms with Gasteiger partial charge in [-0.1, -0.05) is 11.6 Å². The van der Waals surface area contributed by atoms with Gasteiger partial charge in [-0.3, -0.25) is 0 Å². The summed E-state index contributed by atoms with van der Waals surface area (Å²) in [6.45, 7) is 3.34. The van der Waals surface area contributed by atoms with Crippen LogP contribution in [-0.4, -0.2) is 23.7 Å². The zero-order chi connectivity index (χ0) is 11.6. The van der Waals surface area contributed by atoms with Crippen molar-refractivity contribution in [1.29, 1.82) is 0 Å². The maximum Gasteiger partial charge on any atom is 0.166 e. The molecule has 0 aromatic carbocycles. The first kappa shape index (κ1) is 11.6. The Morgan fingerprint density at radius 3 is 3.12 bits per heavy atom. The van der Waals surface area contributed by atoms with Gasteiger partial charge in [-0.2, -0.15) is 0 Å². The van der Waals surface area contributed by atoms with Crippen molar-refractivity contribution in [2.75, 3.05) is 18.5 Å². The molecule has 88 valence electrons. The van der Waals surface area contributed by atoms with Gasteiger partial charge in [-0.25, -0.2) is 9.37 Å². The Hall–Kier alpha value is -0.870. The molecule has 1 aliphatic heterocycles. The highest BCUT2D eigenvalue weighted by Gasteiger charge is 2.29. The van der Waals surface area contributed by atoms with Crippen molar-refractivity contribution < 1.29 is 9.13 Å². The zero-order valence-corrected chi connectivity index (χ0v) is 9.85. The van der Waals surface area contributed by atoms with E-state index in [-0.39, 0.29) is 11.4 Å². The number of rotatable bonds is 3. The van der Waals surface area contributed by atoms with Gasteiger partial charge in [-0.15, -0.1) is 0 Å². The topological polar surface area (TPSA) is 34.2 Å². The predicted octanol–water partition coefficient (Wildman–Crippen LogP) is 2.86. The molecule has 0 spiro atoms. The van der Waals surface area contributed by atoms with Gasteiger partial charge < -0.3 is 10.1 Å². The van der Waals surface area contributed by atoms with Crippen LogP contribution in [0.4, 0.5) is 10.2 Å². The minimum atomic E-state index is -0.436. The molecule has 0 bridgehead atoms. The number of nitrogens with one attached hydrogen (secondary N) is 1. The van der Waals surface area contributed by atoms with Crippen molar-refractivity contribution in [2.45, 2.75) is 25.4 Å². The summed E-state index contributed by atoms with van der Waals surface area (Å²) in [5.41, 5.74) is -0.215.